The van der Waals surface area contributed by atoms with Crippen molar-refractivity contribution < 1.29 is 13.7 Å². The summed E-state index contributed by atoms with van der Waals surface area (Å²) in [6, 6.07) is 11.1. The zero-order chi connectivity index (χ0) is 15.1. The van der Waals surface area contributed by atoms with Gasteiger partial charge in [0.1, 0.15) is 0 Å². The van der Waals surface area contributed by atoms with E-state index in [2.05, 4.69) is 5.32 Å². The lowest BCUT2D eigenvalue weighted by Crippen LogP contribution is -2.11. The van der Waals surface area contributed by atoms with Crippen LogP contribution in [0.1, 0.15) is 15.2 Å². The normalized spacial score (nSPS) is 12.0. The van der Waals surface area contributed by atoms with Crippen molar-refractivity contribution in [3.05, 3.63) is 52.2 Å². The quantitative estimate of drug-likeness (QED) is 0.852. The molecule has 0 spiro atoms. The monoisotopic (exact) mass is 323 g/mol. The molecule has 0 aliphatic rings. The molecule has 21 heavy (non-hydrogen) atoms. The Hall–Kier alpha value is -1.50. The molecule has 4 nitrogen and oxygen atoms in total. The minimum Gasteiger partial charge on any atom is -0.384 e. The van der Waals surface area contributed by atoms with Crippen LogP contribution < -0.4 is 5.32 Å². The van der Waals surface area contributed by atoms with Gasteiger partial charge in [-0.3, -0.25) is 9.00 Å². The summed E-state index contributed by atoms with van der Waals surface area (Å²) in [5.41, 5.74) is 1.66. The summed E-state index contributed by atoms with van der Waals surface area (Å²) in [6.07, 6.45) is 0. The number of ether oxygens (including phenoxy) is 1. The summed E-state index contributed by atoms with van der Waals surface area (Å²) in [6.45, 7) is 0.488. The lowest BCUT2D eigenvalue weighted by atomic mass is 10.2. The lowest BCUT2D eigenvalue weighted by Gasteiger charge is -2.07. The molecule has 1 atom stereocenters. The van der Waals surface area contributed by atoms with Gasteiger partial charge in [-0.1, -0.05) is 18.2 Å². The fourth-order valence-corrected chi connectivity index (χ4v) is 3.44. The van der Waals surface area contributed by atoms with Gasteiger partial charge in [-0.25, -0.2) is 0 Å². The highest BCUT2D eigenvalue weighted by molar-refractivity contribution is 7.84. The van der Waals surface area contributed by atoms with E-state index in [1.165, 1.54) is 11.3 Å². The maximum Gasteiger partial charge on any atom is 0.265 e. The third kappa shape index (κ3) is 5.08. The highest BCUT2D eigenvalue weighted by atomic mass is 32.2. The van der Waals surface area contributed by atoms with Crippen molar-refractivity contribution in [3.8, 4) is 0 Å². The smallest absolute Gasteiger partial charge is 0.265 e. The van der Waals surface area contributed by atoms with Gasteiger partial charge in [0, 0.05) is 35.1 Å². The van der Waals surface area contributed by atoms with Crippen molar-refractivity contribution in [2.45, 2.75) is 5.75 Å². The number of methoxy groups -OCH3 is 1. The van der Waals surface area contributed by atoms with E-state index < -0.39 is 10.8 Å². The third-order valence-corrected chi connectivity index (χ3v) is 4.92. The molecule has 0 fully saturated rings. The Morgan fingerprint density at radius 3 is 2.90 bits per heavy atom. The van der Waals surface area contributed by atoms with Gasteiger partial charge < -0.3 is 10.1 Å². The van der Waals surface area contributed by atoms with E-state index in [1.54, 1.807) is 13.2 Å². The van der Waals surface area contributed by atoms with Gasteiger partial charge in [-0.15, -0.1) is 11.3 Å². The molecule has 1 N–H and O–H groups in total. The Kier molecular flexibility index (Phi) is 6.10. The standard InChI is InChI=1S/C15H17NO3S2/c1-19-7-9-21(18)11-12-4-2-5-13(10-12)16-15(17)14-6-3-8-20-14/h2-6,8,10H,7,9,11H2,1H3,(H,16,17)/t21-/m0/s1. The second-order valence-corrected chi connectivity index (χ2v) is 6.94. The van der Waals surface area contributed by atoms with Gasteiger partial charge in [0.2, 0.25) is 0 Å². The van der Waals surface area contributed by atoms with Gasteiger partial charge >= 0.3 is 0 Å². The molecule has 0 aliphatic carbocycles. The van der Waals surface area contributed by atoms with E-state index >= 15 is 0 Å². The van der Waals surface area contributed by atoms with Gasteiger partial charge in [0.25, 0.3) is 5.91 Å². The van der Waals surface area contributed by atoms with Gasteiger partial charge in [-0.2, -0.15) is 0 Å². The van der Waals surface area contributed by atoms with Crippen LogP contribution in [0.2, 0.25) is 0 Å². The Morgan fingerprint density at radius 1 is 1.33 bits per heavy atom. The highest BCUT2D eigenvalue weighted by Crippen LogP contribution is 2.15. The number of benzene rings is 1. The fraction of sp³-hybridized carbons (Fsp3) is 0.267. The zero-order valence-corrected chi connectivity index (χ0v) is 13.3. The van der Waals surface area contributed by atoms with Crippen LogP contribution in [0.4, 0.5) is 5.69 Å². The average Bonchev–Trinajstić information content (AvgIpc) is 3.00. The Morgan fingerprint density at radius 2 is 2.19 bits per heavy atom. The average molecular weight is 323 g/mol. The number of amides is 1. The third-order valence-electron chi connectivity index (χ3n) is 2.77. The summed E-state index contributed by atoms with van der Waals surface area (Å²) in [5.74, 6) is 0.858. The van der Waals surface area contributed by atoms with Crippen molar-refractivity contribution >= 4 is 33.7 Å². The maximum absolute atomic E-state index is 12.0. The minimum absolute atomic E-state index is 0.123. The highest BCUT2D eigenvalue weighted by Gasteiger charge is 2.08. The topological polar surface area (TPSA) is 55.4 Å². The number of carbonyl (C=O) groups is 1. The Balaban J connectivity index is 1.97. The first-order valence-electron chi connectivity index (χ1n) is 6.47. The van der Waals surface area contributed by atoms with Crippen LogP contribution in [0.25, 0.3) is 0 Å². The lowest BCUT2D eigenvalue weighted by molar-refractivity contribution is 0.103. The molecule has 6 heteroatoms. The second kappa shape index (κ2) is 8.07. The zero-order valence-electron chi connectivity index (χ0n) is 11.7. The molecule has 112 valence electrons. The van der Waals surface area contributed by atoms with Gasteiger partial charge in [0.15, 0.2) is 0 Å². The largest absolute Gasteiger partial charge is 0.384 e. The molecule has 1 heterocycles. The molecule has 0 unspecified atom stereocenters. The first-order valence-corrected chi connectivity index (χ1v) is 8.83. The fourth-order valence-electron chi connectivity index (χ4n) is 1.77. The number of nitrogens with one attached hydrogen (secondary N) is 1. The van der Waals surface area contributed by atoms with E-state index in [1.807, 2.05) is 35.7 Å². The second-order valence-electron chi connectivity index (χ2n) is 4.41. The molecule has 1 amide bonds. The van der Waals surface area contributed by atoms with E-state index in [0.717, 1.165) is 11.3 Å². The van der Waals surface area contributed by atoms with Crippen LogP contribution in [0.15, 0.2) is 41.8 Å². The summed E-state index contributed by atoms with van der Waals surface area (Å²) in [4.78, 5) is 12.6. The van der Waals surface area contributed by atoms with Crippen LogP contribution >= 0.6 is 11.3 Å². The van der Waals surface area contributed by atoms with Crippen LogP contribution in [0.3, 0.4) is 0 Å². The van der Waals surface area contributed by atoms with Crippen molar-refractivity contribution in [2.24, 2.45) is 0 Å². The maximum atomic E-state index is 12.0. The number of thiophene rings is 1. The molecule has 0 bridgehead atoms. The molecule has 2 aromatic rings. The molecule has 1 aromatic heterocycles. The number of rotatable bonds is 7. The van der Waals surface area contributed by atoms with Crippen LogP contribution in [-0.2, 0) is 21.3 Å². The molecule has 2 rings (SSSR count). The predicted octanol–water partition coefficient (Wildman–Crippen LogP) is 2.90. The number of hydrogen-bond donors (Lipinski definition) is 1. The molecule has 0 aliphatic heterocycles. The number of hydrogen-bond acceptors (Lipinski definition) is 4. The number of carbonyl (C=O) groups excluding carboxylic acids is 1. The van der Waals surface area contributed by atoms with Gasteiger partial charge in [0.05, 0.1) is 11.5 Å². The van der Waals surface area contributed by atoms with Crippen molar-refractivity contribution in [1.82, 2.24) is 0 Å². The van der Waals surface area contributed by atoms with Crippen molar-refractivity contribution in [2.75, 3.05) is 24.8 Å². The summed E-state index contributed by atoms with van der Waals surface area (Å²) in [7, 11) is 0.638. The molecule has 0 radical (unpaired) electrons. The molecule has 0 saturated heterocycles. The van der Waals surface area contributed by atoms with Crippen LogP contribution in [0, 0.1) is 0 Å². The molecule has 1 aromatic carbocycles. The molecule has 0 saturated carbocycles. The molecular formula is C15H17NO3S2. The van der Waals surface area contributed by atoms with Crippen LogP contribution in [0.5, 0.6) is 0 Å². The summed E-state index contributed by atoms with van der Waals surface area (Å²) >= 11 is 1.40. The van der Waals surface area contributed by atoms with Crippen LogP contribution in [-0.4, -0.2) is 29.6 Å². The van der Waals surface area contributed by atoms with E-state index in [9.17, 15) is 9.00 Å². The minimum atomic E-state index is -0.957. The number of anilines is 1. The first kappa shape index (κ1) is 15.9. The SMILES string of the molecule is COCC[S@](=O)Cc1cccc(NC(=O)c2cccs2)c1. The first-order chi connectivity index (χ1) is 10.2. The van der Waals surface area contributed by atoms with E-state index in [4.69, 9.17) is 4.74 Å². The van der Waals surface area contributed by atoms with Crippen molar-refractivity contribution in [3.63, 3.8) is 0 Å². The molecular weight excluding hydrogens is 306 g/mol. The van der Waals surface area contributed by atoms with E-state index in [-0.39, 0.29) is 5.91 Å². The Bertz CT molecular complexity index is 611. The summed E-state index contributed by atoms with van der Waals surface area (Å²) < 4.78 is 16.8. The predicted molar refractivity (Wildman–Crippen MR) is 87.3 cm³/mol. The van der Waals surface area contributed by atoms with Crippen molar-refractivity contribution in [1.29, 1.82) is 0 Å². The Labute approximate surface area is 130 Å². The summed E-state index contributed by atoms with van der Waals surface area (Å²) in [5, 5.41) is 4.71. The van der Waals surface area contributed by atoms with E-state index in [0.29, 0.717) is 23.0 Å². The van der Waals surface area contributed by atoms with Gasteiger partial charge in [-0.05, 0) is 29.1 Å².